The lowest BCUT2D eigenvalue weighted by Crippen LogP contribution is -2.53. The molecule has 0 spiro atoms. The lowest BCUT2D eigenvalue weighted by Gasteiger charge is -2.39. The molecule has 1 N–H and O–H groups in total. The molecule has 1 amide bonds. The number of carbonyl (C=O) groups excluding carboxylic acids is 1. The summed E-state index contributed by atoms with van der Waals surface area (Å²) in [6.07, 6.45) is 0.733. The van der Waals surface area contributed by atoms with Crippen molar-refractivity contribution in [2.75, 3.05) is 26.3 Å². The van der Waals surface area contributed by atoms with Gasteiger partial charge in [0.2, 0.25) is 5.91 Å². The number of nitrogens with zero attached hydrogens (tertiary/aromatic N) is 1. The third-order valence-electron chi connectivity index (χ3n) is 6.45. The third-order valence-corrected chi connectivity index (χ3v) is 6.45. The molecule has 3 fully saturated rings. The molecular weight excluding hydrogens is 369 g/mol. The van der Waals surface area contributed by atoms with Crippen molar-refractivity contribution in [3.8, 4) is 0 Å². The number of nitrogens with one attached hydrogen (secondary N) is 1. The number of hydrogen-bond acceptors (Lipinski definition) is 3. The van der Waals surface area contributed by atoms with Gasteiger partial charge in [-0.25, -0.2) is 0 Å². The molecule has 4 nitrogen and oxygen atoms in total. The van der Waals surface area contributed by atoms with Crippen LogP contribution in [0.25, 0.3) is 0 Å². The first-order chi connectivity index (χ1) is 13.4. The monoisotopic (exact) mass is 396 g/mol. The summed E-state index contributed by atoms with van der Waals surface area (Å²) in [7, 11) is 0. The van der Waals surface area contributed by atoms with Crippen LogP contribution in [0, 0.1) is 0 Å². The Balaban J connectivity index is 1.51. The molecule has 28 heavy (non-hydrogen) atoms. The van der Waals surface area contributed by atoms with E-state index >= 15 is 0 Å². The largest absolute Gasteiger partial charge is 0.416 e. The van der Waals surface area contributed by atoms with Crippen LogP contribution < -0.4 is 5.32 Å². The summed E-state index contributed by atoms with van der Waals surface area (Å²) < 4.78 is 45.1. The second kappa shape index (κ2) is 7.67. The summed E-state index contributed by atoms with van der Waals surface area (Å²) in [5.41, 5.74) is -1.22. The Hall–Kier alpha value is -1.60. The molecule has 0 aromatic heterocycles. The molecule has 2 saturated heterocycles. The third kappa shape index (κ3) is 4.06. The van der Waals surface area contributed by atoms with Crippen molar-refractivity contribution < 1.29 is 22.7 Å². The van der Waals surface area contributed by atoms with E-state index in [0.29, 0.717) is 31.6 Å². The molecule has 2 heterocycles. The highest BCUT2D eigenvalue weighted by molar-refractivity contribution is 5.88. The highest BCUT2D eigenvalue weighted by atomic mass is 19.4. The van der Waals surface area contributed by atoms with Gasteiger partial charge in [0, 0.05) is 38.4 Å². The van der Waals surface area contributed by atoms with Gasteiger partial charge in [0.25, 0.3) is 0 Å². The van der Waals surface area contributed by atoms with Gasteiger partial charge < -0.3 is 15.0 Å². The topological polar surface area (TPSA) is 41.6 Å². The zero-order valence-corrected chi connectivity index (χ0v) is 15.9. The van der Waals surface area contributed by atoms with Gasteiger partial charge in [-0.2, -0.15) is 13.2 Å². The quantitative estimate of drug-likeness (QED) is 0.847. The summed E-state index contributed by atoms with van der Waals surface area (Å²) in [6.45, 7) is 2.72. The molecule has 1 aromatic carbocycles. The SMILES string of the molecule is O=C(NC1CCN(C2CC2)CC1)C1(c2cccc(C(F)(F)F)c2)CCOCC1. The van der Waals surface area contributed by atoms with E-state index in [4.69, 9.17) is 4.74 Å². The molecule has 3 aliphatic rings. The van der Waals surface area contributed by atoms with Crippen molar-refractivity contribution in [3.05, 3.63) is 35.4 Å². The van der Waals surface area contributed by atoms with Crippen LogP contribution in [0.3, 0.4) is 0 Å². The maximum atomic E-state index is 13.3. The first-order valence-electron chi connectivity index (χ1n) is 10.2. The molecule has 7 heteroatoms. The molecule has 2 aliphatic heterocycles. The number of benzene rings is 1. The average molecular weight is 396 g/mol. The van der Waals surface area contributed by atoms with E-state index < -0.39 is 17.2 Å². The van der Waals surface area contributed by atoms with Crippen LogP contribution in [0.5, 0.6) is 0 Å². The zero-order valence-electron chi connectivity index (χ0n) is 15.9. The highest BCUT2D eigenvalue weighted by Gasteiger charge is 2.44. The van der Waals surface area contributed by atoms with Gasteiger partial charge in [-0.05, 0) is 50.2 Å². The Labute approximate surface area is 163 Å². The van der Waals surface area contributed by atoms with Gasteiger partial charge in [-0.15, -0.1) is 0 Å². The fraction of sp³-hybridized carbons (Fsp3) is 0.667. The molecule has 0 radical (unpaired) electrons. The maximum absolute atomic E-state index is 13.3. The second-order valence-electron chi connectivity index (χ2n) is 8.29. The number of hydrogen-bond donors (Lipinski definition) is 1. The van der Waals surface area contributed by atoms with Gasteiger partial charge in [0.1, 0.15) is 0 Å². The first-order valence-corrected chi connectivity index (χ1v) is 10.2. The van der Waals surface area contributed by atoms with E-state index in [9.17, 15) is 18.0 Å². The van der Waals surface area contributed by atoms with Gasteiger partial charge >= 0.3 is 6.18 Å². The van der Waals surface area contributed by atoms with Crippen molar-refractivity contribution in [2.24, 2.45) is 0 Å². The predicted octanol–water partition coefficient (Wildman–Crippen LogP) is 3.50. The number of halogens is 3. The summed E-state index contributed by atoms with van der Waals surface area (Å²) in [5, 5.41) is 3.16. The fourth-order valence-corrected chi connectivity index (χ4v) is 4.53. The lowest BCUT2D eigenvalue weighted by molar-refractivity contribution is -0.138. The van der Waals surface area contributed by atoms with Crippen molar-refractivity contribution in [1.82, 2.24) is 10.2 Å². The molecule has 0 bridgehead atoms. The zero-order chi connectivity index (χ0) is 19.8. The lowest BCUT2D eigenvalue weighted by atomic mass is 9.72. The van der Waals surface area contributed by atoms with Gasteiger partial charge in [-0.1, -0.05) is 18.2 Å². The number of rotatable bonds is 4. The van der Waals surface area contributed by atoms with Crippen LogP contribution in [-0.2, 0) is 21.1 Å². The van der Waals surface area contributed by atoms with E-state index in [1.54, 1.807) is 6.07 Å². The second-order valence-corrected chi connectivity index (χ2v) is 8.29. The fourth-order valence-electron chi connectivity index (χ4n) is 4.53. The minimum Gasteiger partial charge on any atom is -0.381 e. The number of ether oxygens (including phenoxy) is 1. The summed E-state index contributed by atoms with van der Waals surface area (Å²) in [6, 6.07) is 6.06. The Bertz CT molecular complexity index is 704. The Morgan fingerprint density at radius 3 is 2.39 bits per heavy atom. The first kappa shape index (κ1) is 19.7. The van der Waals surface area contributed by atoms with Crippen molar-refractivity contribution in [1.29, 1.82) is 0 Å². The number of amides is 1. The van der Waals surface area contributed by atoms with E-state index in [1.807, 2.05) is 0 Å². The van der Waals surface area contributed by atoms with Crippen LogP contribution in [0.15, 0.2) is 24.3 Å². The number of piperidine rings is 1. The van der Waals surface area contributed by atoms with E-state index in [1.165, 1.54) is 18.9 Å². The van der Waals surface area contributed by atoms with Crippen LogP contribution in [0.2, 0.25) is 0 Å². The molecule has 1 aliphatic carbocycles. The van der Waals surface area contributed by atoms with Crippen molar-refractivity contribution in [2.45, 2.75) is 62.2 Å². The van der Waals surface area contributed by atoms with Crippen molar-refractivity contribution >= 4 is 5.91 Å². The Kier molecular flexibility index (Phi) is 5.40. The summed E-state index contributed by atoms with van der Waals surface area (Å²) in [5.74, 6) is -0.153. The van der Waals surface area contributed by atoms with Crippen LogP contribution in [-0.4, -0.2) is 49.2 Å². The van der Waals surface area contributed by atoms with E-state index in [2.05, 4.69) is 10.2 Å². The average Bonchev–Trinajstić information content (AvgIpc) is 3.54. The molecule has 4 rings (SSSR count). The number of carbonyl (C=O) groups is 1. The molecule has 1 saturated carbocycles. The summed E-state index contributed by atoms with van der Waals surface area (Å²) in [4.78, 5) is 15.8. The standard InChI is InChI=1S/C21H27F3N2O2/c22-21(23,24)16-3-1-2-15(14-16)20(8-12-28-13-9-20)19(27)25-17-6-10-26(11-7-17)18-4-5-18/h1-3,14,17-18H,4-13H2,(H,25,27). The molecule has 1 aromatic rings. The smallest absolute Gasteiger partial charge is 0.381 e. The van der Waals surface area contributed by atoms with E-state index in [0.717, 1.165) is 44.1 Å². The molecule has 0 atom stereocenters. The summed E-state index contributed by atoms with van der Waals surface area (Å²) >= 11 is 0. The molecule has 0 unspecified atom stereocenters. The normalized spacial score (nSPS) is 24.1. The van der Waals surface area contributed by atoms with Crippen LogP contribution in [0.1, 0.15) is 49.7 Å². The number of alkyl halides is 3. The van der Waals surface area contributed by atoms with Gasteiger partial charge in [0.15, 0.2) is 0 Å². The highest BCUT2D eigenvalue weighted by Crippen LogP contribution is 2.39. The van der Waals surface area contributed by atoms with Gasteiger partial charge in [0.05, 0.1) is 11.0 Å². The van der Waals surface area contributed by atoms with Crippen molar-refractivity contribution in [3.63, 3.8) is 0 Å². The van der Waals surface area contributed by atoms with Crippen LogP contribution >= 0.6 is 0 Å². The number of likely N-dealkylation sites (tertiary alicyclic amines) is 1. The molecular formula is C21H27F3N2O2. The predicted molar refractivity (Wildman–Crippen MR) is 98.9 cm³/mol. The van der Waals surface area contributed by atoms with E-state index in [-0.39, 0.29) is 11.9 Å². The Morgan fingerprint density at radius 2 is 1.79 bits per heavy atom. The maximum Gasteiger partial charge on any atom is 0.416 e. The van der Waals surface area contributed by atoms with Gasteiger partial charge in [-0.3, -0.25) is 4.79 Å². The Morgan fingerprint density at radius 1 is 1.11 bits per heavy atom. The van der Waals surface area contributed by atoms with Crippen LogP contribution in [0.4, 0.5) is 13.2 Å². The minimum atomic E-state index is -4.42. The minimum absolute atomic E-state index is 0.0908. The molecule has 154 valence electrons.